The van der Waals surface area contributed by atoms with Crippen molar-refractivity contribution in [2.75, 3.05) is 10.8 Å². The van der Waals surface area contributed by atoms with Crippen molar-refractivity contribution in [3.8, 4) is 0 Å². The molecule has 7 nitrogen and oxygen atoms in total. The van der Waals surface area contributed by atoms with Crippen molar-refractivity contribution in [3.63, 3.8) is 0 Å². The molecule has 1 aliphatic rings. The lowest BCUT2D eigenvalue weighted by atomic mass is 9.94. The van der Waals surface area contributed by atoms with Gasteiger partial charge in [0.25, 0.3) is 10.0 Å². The highest BCUT2D eigenvalue weighted by molar-refractivity contribution is 7.92. The number of amides is 2. The quantitative estimate of drug-likeness (QED) is 0.159. The Bertz CT molecular complexity index is 1810. The fourth-order valence-electron chi connectivity index (χ4n) is 5.96. The number of hydrogen-bond acceptors (Lipinski definition) is 4. The van der Waals surface area contributed by atoms with Crippen molar-refractivity contribution in [3.05, 3.63) is 129 Å². The molecule has 0 aliphatic heterocycles. The van der Waals surface area contributed by atoms with Gasteiger partial charge in [-0.1, -0.05) is 120 Å². The van der Waals surface area contributed by atoms with Gasteiger partial charge in [0.1, 0.15) is 12.6 Å². The van der Waals surface area contributed by atoms with Crippen LogP contribution in [0.15, 0.2) is 102 Å². The van der Waals surface area contributed by atoms with Crippen molar-refractivity contribution in [1.29, 1.82) is 0 Å². The minimum Gasteiger partial charge on any atom is -0.352 e. The van der Waals surface area contributed by atoms with E-state index in [1.165, 1.54) is 17.0 Å². The van der Waals surface area contributed by atoms with Crippen LogP contribution in [0, 0.1) is 6.92 Å². The second kappa shape index (κ2) is 16.2. The Morgan fingerprint density at radius 1 is 0.792 bits per heavy atom. The summed E-state index contributed by atoms with van der Waals surface area (Å²) in [6.07, 6.45) is 5.02. The molecular weight excluding hydrogens is 689 g/mol. The van der Waals surface area contributed by atoms with E-state index in [9.17, 15) is 18.0 Å². The highest BCUT2D eigenvalue weighted by atomic mass is 35.5. The number of anilines is 1. The number of carbonyl (C=O) groups is 2. The van der Waals surface area contributed by atoms with Crippen LogP contribution in [0.25, 0.3) is 0 Å². The monoisotopic (exact) mass is 725 g/mol. The van der Waals surface area contributed by atoms with Gasteiger partial charge in [0.2, 0.25) is 11.8 Å². The third kappa shape index (κ3) is 8.72. The van der Waals surface area contributed by atoms with Crippen LogP contribution in [-0.4, -0.2) is 43.8 Å². The second-order valence-corrected chi connectivity index (χ2v) is 15.1. The number of benzene rings is 4. The van der Waals surface area contributed by atoms with Crippen molar-refractivity contribution in [2.24, 2.45) is 0 Å². The third-order valence-corrected chi connectivity index (χ3v) is 11.4. The zero-order valence-electron chi connectivity index (χ0n) is 26.6. The van der Waals surface area contributed by atoms with Gasteiger partial charge in [-0.25, -0.2) is 8.42 Å². The van der Waals surface area contributed by atoms with Gasteiger partial charge in [-0.3, -0.25) is 13.9 Å². The predicted octanol–water partition coefficient (Wildman–Crippen LogP) is 8.24. The Kier molecular flexibility index (Phi) is 12.1. The Hall–Kier alpha value is -3.56. The summed E-state index contributed by atoms with van der Waals surface area (Å²) in [6, 6.07) is 26.2. The summed E-state index contributed by atoms with van der Waals surface area (Å²) in [5.41, 5.74) is 2.29. The number of sulfonamides is 1. The van der Waals surface area contributed by atoms with Gasteiger partial charge in [-0.15, -0.1) is 0 Å². The molecule has 11 heteroatoms. The lowest BCUT2D eigenvalue weighted by Crippen LogP contribution is -2.55. The molecule has 0 heterocycles. The number of nitrogens with one attached hydrogen (secondary N) is 1. The van der Waals surface area contributed by atoms with Gasteiger partial charge in [-0.05, 0) is 61.7 Å². The summed E-state index contributed by atoms with van der Waals surface area (Å²) in [4.78, 5) is 30.4. The Balaban J connectivity index is 1.60. The summed E-state index contributed by atoms with van der Waals surface area (Å²) in [6.45, 7) is 1.09. The van der Waals surface area contributed by atoms with E-state index in [2.05, 4.69) is 5.32 Å². The van der Waals surface area contributed by atoms with Crippen molar-refractivity contribution in [1.82, 2.24) is 10.2 Å². The number of aryl methyl sites for hydroxylation is 1. The van der Waals surface area contributed by atoms with Gasteiger partial charge in [-0.2, -0.15) is 0 Å². The summed E-state index contributed by atoms with van der Waals surface area (Å²) in [7, 11) is -4.29. The molecule has 252 valence electrons. The number of nitrogens with zero attached hydrogens (tertiary/aromatic N) is 2. The first kappa shape index (κ1) is 35.7. The highest BCUT2D eigenvalue weighted by Gasteiger charge is 2.36. The molecule has 48 heavy (non-hydrogen) atoms. The predicted molar refractivity (Wildman–Crippen MR) is 193 cm³/mol. The van der Waals surface area contributed by atoms with E-state index in [1.807, 2.05) is 37.3 Å². The number of halogens is 3. The molecule has 1 fully saturated rings. The smallest absolute Gasteiger partial charge is 0.264 e. The molecule has 0 saturated heterocycles. The maximum absolute atomic E-state index is 14.7. The number of hydrogen-bond donors (Lipinski definition) is 1. The average Bonchev–Trinajstić information content (AvgIpc) is 3.07. The molecule has 0 spiro atoms. The molecule has 1 aliphatic carbocycles. The van der Waals surface area contributed by atoms with Gasteiger partial charge >= 0.3 is 0 Å². The highest BCUT2D eigenvalue weighted by Crippen LogP contribution is 2.32. The van der Waals surface area contributed by atoms with Crippen LogP contribution >= 0.6 is 34.8 Å². The molecule has 1 atom stereocenters. The summed E-state index contributed by atoms with van der Waals surface area (Å²) in [5.74, 6) is -0.950. The summed E-state index contributed by atoms with van der Waals surface area (Å²) < 4.78 is 29.5. The topological polar surface area (TPSA) is 86.8 Å². The number of rotatable bonds is 12. The molecule has 0 bridgehead atoms. The van der Waals surface area contributed by atoms with Crippen LogP contribution < -0.4 is 9.62 Å². The first-order chi connectivity index (χ1) is 23.0. The van der Waals surface area contributed by atoms with Gasteiger partial charge in [0, 0.05) is 34.6 Å². The van der Waals surface area contributed by atoms with E-state index in [0.717, 1.165) is 47.5 Å². The van der Waals surface area contributed by atoms with Gasteiger partial charge in [0.15, 0.2) is 0 Å². The van der Waals surface area contributed by atoms with E-state index < -0.39 is 28.5 Å². The lowest BCUT2D eigenvalue weighted by molar-refractivity contribution is -0.140. The van der Waals surface area contributed by atoms with Crippen LogP contribution in [0.2, 0.25) is 15.1 Å². The van der Waals surface area contributed by atoms with Crippen LogP contribution in [-0.2, 0) is 32.6 Å². The Morgan fingerprint density at radius 2 is 1.40 bits per heavy atom. The van der Waals surface area contributed by atoms with E-state index in [4.69, 9.17) is 34.8 Å². The van der Waals surface area contributed by atoms with Crippen LogP contribution in [0.5, 0.6) is 0 Å². The van der Waals surface area contributed by atoms with Crippen molar-refractivity contribution >= 4 is 62.3 Å². The molecule has 0 unspecified atom stereocenters. The number of carbonyl (C=O) groups excluding carboxylic acids is 2. The summed E-state index contributed by atoms with van der Waals surface area (Å²) in [5, 5.41) is 3.99. The summed E-state index contributed by atoms with van der Waals surface area (Å²) >= 11 is 19.8. The first-order valence-electron chi connectivity index (χ1n) is 15.9. The van der Waals surface area contributed by atoms with Crippen LogP contribution in [0.1, 0.15) is 48.8 Å². The number of para-hydroxylation sites is 1. The molecule has 4 aromatic carbocycles. The van der Waals surface area contributed by atoms with Gasteiger partial charge < -0.3 is 10.2 Å². The largest absolute Gasteiger partial charge is 0.352 e. The van der Waals surface area contributed by atoms with Crippen molar-refractivity contribution < 1.29 is 18.0 Å². The zero-order valence-corrected chi connectivity index (χ0v) is 29.7. The van der Waals surface area contributed by atoms with E-state index in [0.29, 0.717) is 15.6 Å². The lowest BCUT2D eigenvalue weighted by Gasteiger charge is -2.35. The minimum absolute atomic E-state index is 0.00241. The third-order valence-electron chi connectivity index (χ3n) is 8.62. The zero-order chi connectivity index (χ0) is 34.3. The maximum Gasteiger partial charge on any atom is 0.264 e. The van der Waals surface area contributed by atoms with E-state index >= 15 is 0 Å². The van der Waals surface area contributed by atoms with E-state index in [1.54, 1.807) is 54.6 Å². The standard InChI is InChI=1S/C37H38Cl3N3O4S/c1-26-19-21-29(22-20-26)48(46,47)43(34-18-9-8-15-33(34)40)25-36(44)42(24-30-31(38)16-10-17-32(30)39)35(23-27-11-4-2-5-12-27)37(45)41-28-13-6-3-7-14-28/h2,4-5,8-12,15-22,28,35H,3,6-7,13-14,23-25H2,1H3,(H,41,45)/t35-/m0/s1. The molecule has 2 amide bonds. The molecular formula is C37H38Cl3N3O4S. The first-order valence-corrected chi connectivity index (χ1v) is 18.5. The Labute approximate surface area is 297 Å². The SMILES string of the molecule is Cc1ccc(S(=O)(=O)N(CC(=O)N(Cc2c(Cl)cccc2Cl)[C@@H](Cc2ccccc2)C(=O)NC2CCCCC2)c2ccccc2Cl)cc1. The van der Waals surface area contributed by atoms with Crippen molar-refractivity contribution in [2.45, 2.75) is 69.0 Å². The molecule has 4 aromatic rings. The maximum atomic E-state index is 14.7. The molecule has 1 N–H and O–H groups in total. The van der Waals surface area contributed by atoms with Crippen LogP contribution in [0.3, 0.4) is 0 Å². The fourth-order valence-corrected chi connectivity index (χ4v) is 8.19. The normalized spacial score (nSPS) is 14.2. The fraction of sp³-hybridized carbons (Fsp3) is 0.297. The molecule has 0 aromatic heterocycles. The molecule has 0 radical (unpaired) electrons. The average molecular weight is 727 g/mol. The second-order valence-electron chi connectivity index (χ2n) is 12.0. The van der Waals surface area contributed by atoms with Gasteiger partial charge in [0.05, 0.1) is 15.6 Å². The van der Waals surface area contributed by atoms with Crippen LogP contribution in [0.4, 0.5) is 5.69 Å². The minimum atomic E-state index is -4.29. The molecule has 5 rings (SSSR count). The molecule has 1 saturated carbocycles. The van der Waals surface area contributed by atoms with E-state index in [-0.39, 0.29) is 40.5 Å². The Morgan fingerprint density at radius 3 is 2.04 bits per heavy atom.